The normalized spacial score (nSPS) is 15.3. The Morgan fingerprint density at radius 1 is 0.909 bits per heavy atom. The number of benzene rings is 3. The number of hydrogen-bond acceptors (Lipinski definition) is 4. The molecule has 1 unspecified atom stereocenters. The molecule has 172 valence electrons. The van der Waals surface area contributed by atoms with E-state index in [0.717, 1.165) is 44.0 Å². The molecule has 1 fully saturated rings. The smallest absolute Gasteiger partial charge is 0.238 e. The minimum atomic E-state index is -0.263. The predicted molar refractivity (Wildman–Crippen MR) is 132 cm³/mol. The summed E-state index contributed by atoms with van der Waals surface area (Å²) in [5.41, 5.74) is 4.25. The number of rotatable bonds is 8. The lowest BCUT2D eigenvalue weighted by atomic mass is 10.1. The Morgan fingerprint density at radius 2 is 1.58 bits per heavy atom. The van der Waals surface area contributed by atoms with Gasteiger partial charge < -0.3 is 15.5 Å². The molecule has 4 rings (SSSR count). The van der Waals surface area contributed by atoms with Crippen LogP contribution in [0.2, 0.25) is 0 Å². The summed E-state index contributed by atoms with van der Waals surface area (Å²) in [4.78, 5) is 17.2. The number of hydrogen-bond donors (Lipinski definition) is 2. The summed E-state index contributed by atoms with van der Waals surface area (Å²) >= 11 is 0. The van der Waals surface area contributed by atoms with Gasteiger partial charge in [0.25, 0.3) is 0 Å². The van der Waals surface area contributed by atoms with Gasteiger partial charge in [-0.15, -0.1) is 0 Å². The Hall–Kier alpha value is -3.22. The van der Waals surface area contributed by atoms with Crippen LogP contribution < -0.4 is 15.5 Å². The van der Waals surface area contributed by atoms with Crippen molar-refractivity contribution in [1.29, 1.82) is 0 Å². The maximum Gasteiger partial charge on any atom is 0.238 e. The second kappa shape index (κ2) is 11.1. The van der Waals surface area contributed by atoms with E-state index in [4.69, 9.17) is 0 Å². The van der Waals surface area contributed by atoms with Gasteiger partial charge in [0.2, 0.25) is 5.91 Å². The molecule has 1 saturated heterocycles. The maximum absolute atomic E-state index is 13.1. The Bertz CT molecular complexity index is 1020. The molecule has 2 N–H and O–H groups in total. The van der Waals surface area contributed by atoms with Crippen molar-refractivity contribution >= 4 is 17.3 Å². The van der Waals surface area contributed by atoms with E-state index in [1.54, 1.807) is 12.1 Å². The van der Waals surface area contributed by atoms with Crippen molar-refractivity contribution in [2.45, 2.75) is 19.5 Å². The number of nitrogens with one attached hydrogen (secondary N) is 2. The molecule has 0 aromatic heterocycles. The predicted octanol–water partition coefficient (Wildman–Crippen LogP) is 4.44. The van der Waals surface area contributed by atoms with E-state index >= 15 is 0 Å². The van der Waals surface area contributed by atoms with Gasteiger partial charge in [0, 0.05) is 50.1 Å². The molecule has 1 atom stereocenters. The molecule has 0 bridgehead atoms. The second-order valence-corrected chi connectivity index (χ2v) is 8.50. The first-order valence-corrected chi connectivity index (χ1v) is 11.5. The van der Waals surface area contributed by atoms with E-state index < -0.39 is 0 Å². The summed E-state index contributed by atoms with van der Waals surface area (Å²) in [7, 11) is 0. The van der Waals surface area contributed by atoms with Crippen molar-refractivity contribution < 1.29 is 9.18 Å². The zero-order chi connectivity index (χ0) is 23.0. The van der Waals surface area contributed by atoms with E-state index in [1.165, 1.54) is 23.4 Å². The van der Waals surface area contributed by atoms with Crippen molar-refractivity contribution in [3.63, 3.8) is 0 Å². The van der Waals surface area contributed by atoms with Crippen LogP contribution in [0.25, 0.3) is 0 Å². The van der Waals surface area contributed by atoms with Gasteiger partial charge >= 0.3 is 0 Å². The van der Waals surface area contributed by atoms with E-state index in [-0.39, 0.29) is 24.3 Å². The molecule has 5 nitrogen and oxygen atoms in total. The van der Waals surface area contributed by atoms with Crippen molar-refractivity contribution in [3.05, 3.63) is 95.8 Å². The second-order valence-electron chi connectivity index (χ2n) is 8.50. The molecular formula is C27H31FN4O. The van der Waals surface area contributed by atoms with Crippen molar-refractivity contribution in [2.24, 2.45) is 0 Å². The van der Waals surface area contributed by atoms with Gasteiger partial charge in [-0.2, -0.15) is 0 Å². The van der Waals surface area contributed by atoms with Gasteiger partial charge in [-0.05, 0) is 54.4 Å². The highest BCUT2D eigenvalue weighted by Crippen LogP contribution is 2.20. The number of piperazine rings is 1. The van der Waals surface area contributed by atoms with Crippen LogP contribution in [-0.2, 0) is 11.3 Å². The quantitative estimate of drug-likeness (QED) is 0.537. The van der Waals surface area contributed by atoms with Gasteiger partial charge in [-0.25, -0.2) is 4.39 Å². The Morgan fingerprint density at radius 3 is 2.24 bits per heavy atom. The zero-order valence-electron chi connectivity index (χ0n) is 19.0. The lowest BCUT2D eigenvalue weighted by Gasteiger charge is -2.36. The van der Waals surface area contributed by atoms with Crippen molar-refractivity contribution in [3.8, 4) is 0 Å². The van der Waals surface area contributed by atoms with E-state index in [9.17, 15) is 9.18 Å². The van der Waals surface area contributed by atoms with Gasteiger partial charge in [0.15, 0.2) is 0 Å². The Balaban J connectivity index is 1.21. The zero-order valence-corrected chi connectivity index (χ0v) is 19.0. The Kier molecular flexibility index (Phi) is 7.70. The fourth-order valence-corrected chi connectivity index (χ4v) is 4.08. The molecule has 33 heavy (non-hydrogen) atoms. The molecule has 0 saturated carbocycles. The summed E-state index contributed by atoms with van der Waals surface area (Å²) in [6.07, 6.45) is 0. The molecule has 1 amide bonds. The third-order valence-corrected chi connectivity index (χ3v) is 6.08. The average molecular weight is 447 g/mol. The number of halogens is 1. The number of amides is 1. The lowest BCUT2D eigenvalue weighted by Crippen LogP contribution is -2.45. The fourth-order valence-electron chi connectivity index (χ4n) is 4.08. The first kappa shape index (κ1) is 23.0. The average Bonchev–Trinajstić information content (AvgIpc) is 2.85. The van der Waals surface area contributed by atoms with Gasteiger partial charge in [0.1, 0.15) is 5.82 Å². The molecule has 0 radical (unpaired) electrons. The summed E-state index contributed by atoms with van der Waals surface area (Å²) < 4.78 is 13.1. The van der Waals surface area contributed by atoms with Crippen LogP contribution in [0.3, 0.4) is 0 Å². The van der Waals surface area contributed by atoms with Gasteiger partial charge in [-0.3, -0.25) is 9.69 Å². The van der Waals surface area contributed by atoms with E-state index in [0.29, 0.717) is 0 Å². The SMILES string of the molecule is CC(NCC(=O)Nc1ccc(N2CCN(Cc3ccccc3)CC2)cc1)c1ccc(F)cc1. The van der Waals surface area contributed by atoms with Crippen LogP contribution in [0.15, 0.2) is 78.9 Å². The highest BCUT2D eigenvalue weighted by molar-refractivity contribution is 5.92. The molecule has 3 aromatic rings. The molecule has 0 aliphatic carbocycles. The topological polar surface area (TPSA) is 47.6 Å². The molecule has 1 aliphatic heterocycles. The molecular weight excluding hydrogens is 415 g/mol. The number of nitrogens with zero attached hydrogens (tertiary/aromatic N) is 2. The van der Waals surface area contributed by atoms with Crippen LogP contribution >= 0.6 is 0 Å². The highest BCUT2D eigenvalue weighted by Gasteiger charge is 2.17. The largest absolute Gasteiger partial charge is 0.369 e. The van der Waals surface area contributed by atoms with Crippen LogP contribution in [0, 0.1) is 5.82 Å². The summed E-state index contributed by atoms with van der Waals surface area (Å²) in [6.45, 7) is 7.18. The molecule has 1 heterocycles. The Labute approximate surface area is 195 Å². The van der Waals surface area contributed by atoms with E-state index in [2.05, 4.69) is 62.9 Å². The summed E-state index contributed by atoms with van der Waals surface area (Å²) in [6, 6.07) is 24.9. The summed E-state index contributed by atoms with van der Waals surface area (Å²) in [5, 5.41) is 6.11. The molecule has 1 aliphatic rings. The number of carbonyl (C=O) groups is 1. The fraction of sp³-hybridized carbons (Fsp3) is 0.296. The molecule has 6 heteroatoms. The minimum Gasteiger partial charge on any atom is -0.369 e. The lowest BCUT2D eigenvalue weighted by molar-refractivity contribution is -0.115. The van der Waals surface area contributed by atoms with Crippen LogP contribution in [0.4, 0.5) is 15.8 Å². The monoisotopic (exact) mass is 446 g/mol. The minimum absolute atomic E-state index is 0.0423. The van der Waals surface area contributed by atoms with Crippen LogP contribution in [0.5, 0.6) is 0 Å². The number of anilines is 2. The van der Waals surface area contributed by atoms with E-state index in [1.807, 2.05) is 19.1 Å². The third kappa shape index (κ3) is 6.63. The maximum atomic E-state index is 13.1. The van der Waals surface area contributed by atoms with Crippen molar-refractivity contribution in [2.75, 3.05) is 42.9 Å². The van der Waals surface area contributed by atoms with Gasteiger partial charge in [0.05, 0.1) is 6.54 Å². The molecule has 3 aromatic carbocycles. The third-order valence-electron chi connectivity index (χ3n) is 6.08. The standard InChI is InChI=1S/C27H31FN4O/c1-21(23-7-9-24(28)10-8-23)29-19-27(33)30-25-11-13-26(14-12-25)32-17-15-31(16-18-32)20-22-5-3-2-4-6-22/h2-14,21,29H,15-20H2,1H3,(H,30,33). The van der Waals surface area contributed by atoms with Crippen molar-refractivity contribution in [1.82, 2.24) is 10.2 Å². The summed E-state index contributed by atoms with van der Waals surface area (Å²) in [5.74, 6) is -0.368. The van der Waals surface area contributed by atoms with Crippen LogP contribution in [-0.4, -0.2) is 43.5 Å². The first-order chi connectivity index (χ1) is 16.1. The first-order valence-electron chi connectivity index (χ1n) is 11.5. The van der Waals surface area contributed by atoms with Crippen LogP contribution in [0.1, 0.15) is 24.1 Å². The number of carbonyl (C=O) groups excluding carboxylic acids is 1. The van der Waals surface area contributed by atoms with Gasteiger partial charge in [-0.1, -0.05) is 42.5 Å². The molecule has 0 spiro atoms. The highest BCUT2D eigenvalue weighted by atomic mass is 19.1.